The van der Waals surface area contributed by atoms with Gasteiger partial charge in [-0.3, -0.25) is 0 Å². The average molecular weight is 197 g/mol. The fraction of sp³-hybridized carbons (Fsp3) is 0.0769. The van der Waals surface area contributed by atoms with Crippen LogP contribution in [0.1, 0.15) is 0 Å². The predicted octanol–water partition coefficient (Wildman–Crippen LogP) is 0.789. The Labute approximate surface area is 87.1 Å². The van der Waals surface area contributed by atoms with Crippen molar-refractivity contribution in [2.24, 2.45) is 0 Å². The predicted molar refractivity (Wildman–Crippen MR) is 57.0 cm³/mol. The molecule has 1 aliphatic heterocycles. The molecule has 0 bridgehead atoms. The summed E-state index contributed by atoms with van der Waals surface area (Å²) in [7, 11) is 0. The van der Waals surface area contributed by atoms with Gasteiger partial charge in [-0.2, -0.15) is 0 Å². The minimum atomic E-state index is -0.204. The maximum atomic E-state index is 9.71. The molecule has 1 radical (unpaired) electrons. The highest BCUT2D eigenvalue weighted by molar-refractivity contribution is 5.64. The van der Waals surface area contributed by atoms with E-state index in [4.69, 9.17) is 4.74 Å². The molecule has 2 aliphatic rings. The number of benzene rings is 1. The van der Waals surface area contributed by atoms with Crippen LogP contribution in [0.4, 0.5) is 0 Å². The third-order valence-corrected chi connectivity index (χ3v) is 2.59. The van der Waals surface area contributed by atoms with E-state index < -0.39 is 0 Å². The summed E-state index contributed by atoms with van der Waals surface area (Å²) >= 11 is 0. The molecule has 2 nitrogen and oxygen atoms in total. The smallest absolute Gasteiger partial charge is 0.285 e. The van der Waals surface area contributed by atoms with E-state index in [9.17, 15) is 5.11 Å². The van der Waals surface area contributed by atoms with Gasteiger partial charge in [0.05, 0.1) is 5.22 Å². The van der Waals surface area contributed by atoms with Gasteiger partial charge in [-0.05, 0) is 23.4 Å². The van der Waals surface area contributed by atoms with Crippen LogP contribution < -0.4 is 10.4 Å². The van der Waals surface area contributed by atoms with Gasteiger partial charge in [0.1, 0.15) is 6.10 Å². The van der Waals surface area contributed by atoms with Gasteiger partial charge < -0.3 is 9.84 Å². The van der Waals surface area contributed by atoms with Crippen molar-refractivity contribution in [3.8, 4) is 0 Å². The first-order valence-electron chi connectivity index (χ1n) is 4.82. The highest BCUT2D eigenvalue weighted by Gasteiger charge is 2.20. The van der Waals surface area contributed by atoms with Gasteiger partial charge in [-0.15, -0.1) is 0 Å². The van der Waals surface area contributed by atoms with Gasteiger partial charge in [0.2, 0.25) is 0 Å². The van der Waals surface area contributed by atoms with Crippen LogP contribution in [0.5, 0.6) is 0 Å². The van der Waals surface area contributed by atoms with E-state index in [1.165, 1.54) is 0 Å². The number of aliphatic hydroxyl groups excluding tert-OH is 1. The number of hydrogen-bond acceptors (Lipinski definition) is 2. The van der Waals surface area contributed by atoms with E-state index >= 15 is 0 Å². The molecule has 0 amide bonds. The standard InChI is InChI=1S/C13H9O2/c14-13-11-7-2-1-5-9(11)10-6-3-4-8-12(10)15-13/h1-5,7-8,12,14H. The number of hydrogen-bond donors (Lipinski definition) is 1. The summed E-state index contributed by atoms with van der Waals surface area (Å²) in [5, 5.41) is 11.4. The summed E-state index contributed by atoms with van der Waals surface area (Å²) in [5.74, 6) is -0.00676. The molecule has 3 rings (SSSR count). The maximum absolute atomic E-state index is 9.71. The molecular formula is C13H9O2. The summed E-state index contributed by atoms with van der Waals surface area (Å²) in [6, 6.07) is 7.63. The number of allylic oxidation sites excluding steroid dienone is 2. The quantitative estimate of drug-likeness (QED) is 0.666. The average Bonchev–Trinajstić information content (AvgIpc) is 2.30. The van der Waals surface area contributed by atoms with Crippen LogP contribution in [0.2, 0.25) is 0 Å². The second kappa shape index (κ2) is 3.02. The van der Waals surface area contributed by atoms with Crippen LogP contribution in [0.25, 0.3) is 11.5 Å². The van der Waals surface area contributed by atoms with Crippen LogP contribution in [0, 0.1) is 6.08 Å². The molecule has 1 aliphatic carbocycles. The van der Waals surface area contributed by atoms with Crippen LogP contribution in [0.15, 0.2) is 42.5 Å². The molecule has 0 saturated heterocycles. The van der Waals surface area contributed by atoms with Gasteiger partial charge in [-0.25, -0.2) is 0 Å². The SMILES string of the molecule is OC1=c2ccccc2=C2[C]=CC=CC2O1. The van der Waals surface area contributed by atoms with E-state index in [-0.39, 0.29) is 12.0 Å². The first kappa shape index (κ1) is 8.36. The highest BCUT2D eigenvalue weighted by atomic mass is 16.6. The summed E-state index contributed by atoms with van der Waals surface area (Å²) in [6.45, 7) is 0. The van der Waals surface area contributed by atoms with E-state index in [0.717, 1.165) is 16.0 Å². The molecule has 0 fully saturated rings. The molecule has 15 heavy (non-hydrogen) atoms. The molecule has 73 valence electrons. The Hall–Kier alpha value is -1.96. The lowest BCUT2D eigenvalue weighted by atomic mass is 9.99. The zero-order valence-corrected chi connectivity index (χ0v) is 7.97. The van der Waals surface area contributed by atoms with Crippen molar-refractivity contribution in [1.82, 2.24) is 0 Å². The molecule has 1 aromatic rings. The molecule has 0 aromatic heterocycles. The van der Waals surface area contributed by atoms with Gasteiger partial charge >= 0.3 is 0 Å². The van der Waals surface area contributed by atoms with Crippen molar-refractivity contribution >= 4 is 11.5 Å². The monoisotopic (exact) mass is 197 g/mol. The Morgan fingerprint density at radius 3 is 2.87 bits per heavy atom. The van der Waals surface area contributed by atoms with Crippen molar-refractivity contribution in [2.75, 3.05) is 0 Å². The zero-order valence-electron chi connectivity index (χ0n) is 7.97. The molecular weight excluding hydrogens is 188 g/mol. The molecule has 1 aromatic carbocycles. The number of rotatable bonds is 0. The lowest BCUT2D eigenvalue weighted by molar-refractivity contribution is 0.162. The topological polar surface area (TPSA) is 29.5 Å². The Bertz CT molecular complexity index is 579. The van der Waals surface area contributed by atoms with Crippen LogP contribution >= 0.6 is 0 Å². The highest BCUT2D eigenvalue weighted by Crippen LogP contribution is 2.18. The first-order chi connectivity index (χ1) is 7.36. The summed E-state index contributed by atoms with van der Waals surface area (Å²) < 4.78 is 5.38. The minimum absolute atomic E-state index is 0.00676. The van der Waals surface area contributed by atoms with Crippen molar-refractivity contribution < 1.29 is 9.84 Å². The molecule has 1 unspecified atom stereocenters. The minimum Gasteiger partial charge on any atom is -0.481 e. The van der Waals surface area contributed by atoms with Gasteiger partial charge in [0, 0.05) is 5.57 Å². The Morgan fingerprint density at radius 2 is 2.00 bits per heavy atom. The van der Waals surface area contributed by atoms with E-state index in [2.05, 4.69) is 6.08 Å². The van der Waals surface area contributed by atoms with Gasteiger partial charge in [-0.1, -0.05) is 30.4 Å². The van der Waals surface area contributed by atoms with E-state index in [1.54, 1.807) is 0 Å². The van der Waals surface area contributed by atoms with Crippen molar-refractivity contribution in [3.05, 3.63) is 59.0 Å². The molecule has 1 N–H and O–H groups in total. The van der Waals surface area contributed by atoms with E-state index in [1.807, 2.05) is 42.5 Å². The lowest BCUT2D eigenvalue weighted by Gasteiger charge is -2.21. The van der Waals surface area contributed by atoms with Crippen molar-refractivity contribution in [3.63, 3.8) is 0 Å². The van der Waals surface area contributed by atoms with Gasteiger partial charge in [0.25, 0.3) is 5.95 Å². The normalized spacial score (nSPS) is 22.0. The molecule has 2 heteroatoms. The zero-order chi connectivity index (χ0) is 10.3. The molecule has 1 atom stereocenters. The lowest BCUT2D eigenvalue weighted by Crippen LogP contribution is -2.38. The largest absolute Gasteiger partial charge is 0.481 e. The summed E-state index contributed by atoms with van der Waals surface area (Å²) in [4.78, 5) is 0. The van der Waals surface area contributed by atoms with Crippen LogP contribution in [-0.4, -0.2) is 11.2 Å². The summed E-state index contributed by atoms with van der Waals surface area (Å²) in [5.41, 5.74) is 0.978. The third-order valence-electron chi connectivity index (χ3n) is 2.59. The van der Waals surface area contributed by atoms with Crippen molar-refractivity contribution in [1.29, 1.82) is 0 Å². The van der Waals surface area contributed by atoms with Crippen LogP contribution in [-0.2, 0) is 4.74 Å². The van der Waals surface area contributed by atoms with Gasteiger partial charge in [0.15, 0.2) is 0 Å². The Kier molecular flexibility index (Phi) is 1.68. The number of fused-ring (bicyclic) bond motifs is 2. The maximum Gasteiger partial charge on any atom is 0.285 e. The second-order valence-corrected chi connectivity index (χ2v) is 3.50. The van der Waals surface area contributed by atoms with Crippen molar-refractivity contribution in [2.45, 2.75) is 6.10 Å². The van der Waals surface area contributed by atoms with E-state index in [0.29, 0.717) is 0 Å². The first-order valence-corrected chi connectivity index (χ1v) is 4.82. The van der Waals surface area contributed by atoms with Crippen LogP contribution in [0.3, 0.4) is 0 Å². The second-order valence-electron chi connectivity index (χ2n) is 3.50. The Balaban J connectivity index is 2.45. The Morgan fingerprint density at radius 1 is 1.20 bits per heavy atom. The fourth-order valence-corrected chi connectivity index (χ4v) is 1.89. The third kappa shape index (κ3) is 1.18. The molecule has 0 spiro atoms. The summed E-state index contributed by atoms with van der Waals surface area (Å²) in [6.07, 6.45) is 8.58. The molecule has 1 heterocycles. The molecule has 0 saturated carbocycles. The fourth-order valence-electron chi connectivity index (χ4n) is 1.89. The number of ether oxygens (including phenoxy) is 1. The number of aliphatic hydroxyl groups is 1.